The summed E-state index contributed by atoms with van der Waals surface area (Å²) in [6.07, 6.45) is 1.92. The number of aromatic nitrogens is 3. The van der Waals surface area contributed by atoms with E-state index in [9.17, 15) is 22.4 Å². The lowest BCUT2D eigenvalue weighted by Crippen LogP contribution is -2.48. The average molecular weight is 489 g/mol. The highest BCUT2D eigenvalue weighted by Crippen LogP contribution is 2.33. The maximum Gasteiger partial charge on any atom is 0.417 e. The molecule has 0 spiro atoms. The summed E-state index contributed by atoms with van der Waals surface area (Å²) < 4.78 is 54.6. The van der Waals surface area contributed by atoms with Gasteiger partial charge in [0.25, 0.3) is 5.91 Å². The maximum absolute atomic E-state index is 14.4. The van der Waals surface area contributed by atoms with Gasteiger partial charge in [-0.15, -0.1) is 0 Å². The van der Waals surface area contributed by atoms with E-state index in [1.165, 1.54) is 0 Å². The van der Waals surface area contributed by atoms with Crippen LogP contribution in [0.1, 0.15) is 53.4 Å². The summed E-state index contributed by atoms with van der Waals surface area (Å²) in [6, 6.07) is 6.06. The minimum absolute atomic E-state index is 0.0187. The molecule has 186 valence electrons. The highest BCUT2D eigenvalue weighted by molar-refractivity contribution is 6.01. The number of carbonyl (C=O) groups is 1. The van der Waals surface area contributed by atoms with Crippen molar-refractivity contribution in [3.8, 4) is 11.1 Å². The maximum atomic E-state index is 14.4. The fourth-order valence-corrected chi connectivity index (χ4v) is 4.83. The molecule has 5 nitrogen and oxygen atoms in total. The molecule has 0 unspecified atom stereocenters. The molecule has 1 aromatic carbocycles. The molecule has 35 heavy (non-hydrogen) atoms. The Labute approximate surface area is 201 Å². The van der Waals surface area contributed by atoms with Crippen LogP contribution < -0.4 is 0 Å². The standard InChI is InChI=1S/C26H28F4N4O/c1-16-6-7-20(18-13-32-33(3)15-18)21(11-16)25(35)34-10-4-5-17(2)24(34)9-8-23-22(27)12-19(14-31-23)26(28,29)30/h6-7,11-15,17,24H,4-5,8-10H2,1-3H3/t17-,24-/m1/s1. The fraction of sp³-hybridized carbons (Fsp3) is 0.423. The molecular formula is C26H28F4N4O. The Morgan fingerprint density at radius 1 is 1.20 bits per heavy atom. The van der Waals surface area contributed by atoms with E-state index >= 15 is 0 Å². The predicted molar refractivity (Wildman–Crippen MR) is 124 cm³/mol. The van der Waals surface area contributed by atoms with Crippen molar-refractivity contribution in [1.82, 2.24) is 19.7 Å². The second-order valence-corrected chi connectivity index (χ2v) is 9.33. The SMILES string of the molecule is Cc1ccc(-c2cnn(C)c2)c(C(=O)N2CCC[C@@H](C)[C@H]2CCc2ncc(C(F)(F)F)cc2F)c1. The monoisotopic (exact) mass is 488 g/mol. The quantitative estimate of drug-likeness (QED) is 0.425. The van der Waals surface area contributed by atoms with Crippen LogP contribution in [0.5, 0.6) is 0 Å². The topological polar surface area (TPSA) is 51.0 Å². The van der Waals surface area contributed by atoms with E-state index in [0.29, 0.717) is 30.8 Å². The van der Waals surface area contributed by atoms with E-state index in [-0.39, 0.29) is 30.0 Å². The number of benzene rings is 1. The number of alkyl halides is 3. The molecule has 1 saturated heterocycles. The van der Waals surface area contributed by atoms with Gasteiger partial charge in [0.2, 0.25) is 0 Å². The zero-order valence-electron chi connectivity index (χ0n) is 19.9. The average Bonchev–Trinajstić information content (AvgIpc) is 3.23. The van der Waals surface area contributed by atoms with E-state index in [0.717, 1.165) is 29.5 Å². The van der Waals surface area contributed by atoms with Crippen molar-refractivity contribution in [3.05, 3.63) is 71.1 Å². The first-order chi connectivity index (χ1) is 16.5. The minimum atomic E-state index is -4.65. The molecule has 0 radical (unpaired) electrons. The highest BCUT2D eigenvalue weighted by atomic mass is 19.4. The number of likely N-dealkylation sites (tertiary alicyclic amines) is 1. The lowest BCUT2D eigenvalue weighted by Gasteiger charge is -2.40. The second kappa shape index (κ2) is 9.79. The number of halogens is 4. The van der Waals surface area contributed by atoms with Crippen molar-refractivity contribution in [3.63, 3.8) is 0 Å². The summed E-state index contributed by atoms with van der Waals surface area (Å²) in [5.41, 5.74) is 2.04. The third kappa shape index (κ3) is 5.39. The van der Waals surface area contributed by atoms with E-state index in [1.54, 1.807) is 10.9 Å². The zero-order chi connectivity index (χ0) is 25.3. The van der Waals surface area contributed by atoms with Crippen molar-refractivity contribution in [2.45, 2.75) is 51.7 Å². The molecule has 0 saturated carbocycles. The van der Waals surface area contributed by atoms with Crippen LogP contribution in [0.25, 0.3) is 11.1 Å². The number of amides is 1. The number of carbonyl (C=O) groups excluding carboxylic acids is 1. The fourth-order valence-electron chi connectivity index (χ4n) is 4.83. The van der Waals surface area contributed by atoms with Crippen LogP contribution >= 0.6 is 0 Å². The third-order valence-electron chi connectivity index (χ3n) is 6.72. The predicted octanol–water partition coefficient (Wildman–Crippen LogP) is 5.82. The van der Waals surface area contributed by atoms with Crippen molar-refractivity contribution >= 4 is 5.91 Å². The molecule has 1 aliphatic heterocycles. The number of hydrogen-bond acceptors (Lipinski definition) is 3. The Balaban J connectivity index is 1.59. The van der Waals surface area contributed by atoms with Crippen LogP contribution in [0, 0.1) is 18.7 Å². The number of pyridine rings is 1. The summed E-state index contributed by atoms with van der Waals surface area (Å²) >= 11 is 0. The molecule has 0 N–H and O–H groups in total. The number of hydrogen-bond donors (Lipinski definition) is 0. The van der Waals surface area contributed by atoms with E-state index in [4.69, 9.17) is 0 Å². The van der Waals surface area contributed by atoms with Gasteiger partial charge in [0.15, 0.2) is 0 Å². The lowest BCUT2D eigenvalue weighted by molar-refractivity contribution is -0.138. The summed E-state index contributed by atoms with van der Waals surface area (Å²) in [4.78, 5) is 19.4. The largest absolute Gasteiger partial charge is 0.417 e. The Kier molecular flexibility index (Phi) is 6.96. The van der Waals surface area contributed by atoms with Crippen LogP contribution in [-0.4, -0.2) is 38.2 Å². The molecule has 2 aromatic heterocycles. The Hall–Kier alpha value is -3.23. The summed E-state index contributed by atoms with van der Waals surface area (Å²) in [5.74, 6) is -0.916. The highest BCUT2D eigenvalue weighted by Gasteiger charge is 2.34. The van der Waals surface area contributed by atoms with Gasteiger partial charge in [-0.2, -0.15) is 18.3 Å². The van der Waals surface area contributed by atoms with Crippen molar-refractivity contribution in [2.75, 3.05) is 6.54 Å². The summed E-state index contributed by atoms with van der Waals surface area (Å²) in [7, 11) is 1.82. The zero-order valence-corrected chi connectivity index (χ0v) is 19.9. The number of piperidine rings is 1. The van der Waals surface area contributed by atoms with E-state index < -0.39 is 17.6 Å². The van der Waals surface area contributed by atoms with Crippen LogP contribution in [0.4, 0.5) is 17.6 Å². The van der Waals surface area contributed by atoms with Crippen LogP contribution in [0.15, 0.2) is 42.9 Å². The molecule has 3 heterocycles. The molecule has 1 aliphatic rings. The van der Waals surface area contributed by atoms with Gasteiger partial charge < -0.3 is 4.90 Å². The normalized spacial score (nSPS) is 18.7. The van der Waals surface area contributed by atoms with Gasteiger partial charge in [-0.3, -0.25) is 14.5 Å². The molecule has 2 atom stereocenters. The number of aryl methyl sites for hydroxylation is 3. The van der Waals surface area contributed by atoms with Crippen LogP contribution in [-0.2, 0) is 19.6 Å². The molecule has 1 fully saturated rings. The van der Waals surface area contributed by atoms with Crippen molar-refractivity contribution < 1.29 is 22.4 Å². The smallest absolute Gasteiger partial charge is 0.335 e. The Morgan fingerprint density at radius 2 is 1.97 bits per heavy atom. The van der Waals surface area contributed by atoms with Crippen molar-refractivity contribution in [2.24, 2.45) is 13.0 Å². The van der Waals surface area contributed by atoms with Crippen molar-refractivity contribution in [1.29, 1.82) is 0 Å². The molecule has 0 aliphatic carbocycles. The molecule has 1 amide bonds. The first kappa shape index (κ1) is 24.9. The first-order valence-corrected chi connectivity index (χ1v) is 11.7. The molecule has 0 bridgehead atoms. The van der Waals surface area contributed by atoms with Gasteiger partial charge in [0.1, 0.15) is 5.82 Å². The van der Waals surface area contributed by atoms with E-state index in [1.807, 2.05) is 43.3 Å². The lowest BCUT2D eigenvalue weighted by atomic mass is 9.86. The summed E-state index contributed by atoms with van der Waals surface area (Å²) in [6.45, 7) is 4.55. The molecule has 3 aromatic rings. The Bertz CT molecular complexity index is 1220. The van der Waals surface area contributed by atoms with E-state index in [2.05, 4.69) is 17.0 Å². The first-order valence-electron chi connectivity index (χ1n) is 11.7. The third-order valence-corrected chi connectivity index (χ3v) is 6.72. The number of rotatable bonds is 5. The van der Waals surface area contributed by atoms with Gasteiger partial charge in [0, 0.05) is 43.2 Å². The van der Waals surface area contributed by atoms with Gasteiger partial charge >= 0.3 is 6.18 Å². The molecule has 9 heteroatoms. The second-order valence-electron chi connectivity index (χ2n) is 9.33. The van der Waals surface area contributed by atoms with Gasteiger partial charge in [-0.05, 0) is 56.2 Å². The van der Waals surface area contributed by atoms with Crippen LogP contribution in [0.3, 0.4) is 0 Å². The van der Waals surface area contributed by atoms with Gasteiger partial charge in [-0.25, -0.2) is 4.39 Å². The van der Waals surface area contributed by atoms with Gasteiger partial charge in [0.05, 0.1) is 17.5 Å². The van der Waals surface area contributed by atoms with Gasteiger partial charge in [-0.1, -0.05) is 24.6 Å². The molecule has 4 rings (SSSR count). The Morgan fingerprint density at radius 3 is 2.63 bits per heavy atom. The summed E-state index contributed by atoms with van der Waals surface area (Å²) in [5, 5.41) is 4.23. The number of nitrogens with zero attached hydrogens (tertiary/aromatic N) is 4. The van der Waals surface area contributed by atoms with Crippen LogP contribution in [0.2, 0.25) is 0 Å². The minimum Gasteiger partial charge on any atom is -0.335 e. The molecular weight excluding hydrogens is 460 g/mol.